The van der Waals surface area contributed by atoms with E-state index in [0.29, 0.717) is 25.7 Å². The summed E-state index contributed by atoms with van der Waals surface area (Å²) in [6.07, 6.45) is 66.0. The number of phosphoric ester groups is 2. The van der Waals surface area contributed by atoms with E-state index >= 15 is 0 Å². The number of allylic oxidation sites excluding steroid dienone is 4. The molecule has 596 valence electrons. The van der Waals surface area contributed by atoms with Crippen molar-refractivity contribution in [3.8, 4) is 0 Å². The molecule has 0 rings (SSSR count). The number of phosphoric acid groups is 2. The zero-order chi connectivity index (χ0) is 74.2. The lowest BCUT2D eigenvalue weighted by Crippen LogP contribution is -2.30. The highest BCUT2D eigenvalue weighted by Crippen LogP contribution is 2.45. The number of hydrogen-bond acceptors (Lipinski definition) is 15. The van der Waals surface area contributed by atoms with Gasteiger partial charge in [-0.25, -0.2) is 9.13 Å². The Kier molecular flexibility index (Phi) is 71.3. The monoisotopic (exact) mass is 1480 g/mol. The summed E-state index contributed by atoms with van der Waals surface area (Å²) < 4.78 is 68.7. The van der Waals surface area contributed by atoms with E-state index in [9.17, 15) is 43.2 Å². The lowest BCUT2D eigenvalue weighted by Gasteiger charge is -2.21. The number of carbonyl (C=O) groups excluding carboxylic acids is 4. The van der Waals surface area contributed by atoms with Crippen LogP contribution in [0.5, 0.6) is 0 Å². The van der Waals surface area contributed by atoms with Gasteiger partial charge in [0.05, 0.1) is 26.4 Å². The van der Waals surface area contributed by atoms with Crippen molar-refractivity contribution in [2.75, 3.05) is 39.6 Å². The van der Waals surface area contributed by atoms with E-state index < -0.39 is 97.5 Å². The van der Waals surface area contributed by atoms with Crippen LogP contribution in [0.1, 0.15) is 408 Å². The van der Waals surface area contributed by atoms with Gasteiger partial charge in [-0.05, 0) is 63.2 Å². The molecule has 0 fully saturated rings. The van der Waals surface area contributed by atoms with Gasteiger partial charge in [-0.15, -0.1) is 0 Å². The smallest absolute Gasteiger partial charge is 0.462 e. The maximum atomic E-state index is 13.1. The number of unbranched alkanes of at least 4 members (excludes halogenated alkanes) is 46. The Morgan fingerprint density at radius 2 is 0.535 bits per heavy atom. The molecule has 0 aromatic carbocycles. The highest BCUT2D eigenvalue weighted by Gasteiger charge is 2.30. The van der Waals surface area contributed by atoms with E-state index in [1.54, 1.807) is 0 Å². The molecule has 0 bridgehead atoms. The highest BCUT2D eigenvalue weighted by molar-refractivity contribution is 7.47. The Hall–Kier alpha value is -2.46. The molecule has 19 heteroatoms. The van der Waals surface area contributed by atoms with Crippen LogP contribution in [0.25, 0.3) is 0 Å². The summed E-state index contributed by atoms with van der Waals surface area (Å²) in [6, 6.07) is 0. The second-order valence-electron chi connectivity index (χ2n) is 29.8. The SMILES string of the molecule is CCCCCC/C=C\C=C/CCCCCCCC(=O)OC[C@H](COP(=O)(O)OC[C@@H](O)COP(=O)(O)OC[C@@H](COC(=O)CCCCCCCCCCCCCC)OC(=O)CCCCCCCCCCCCC(C)C)OC(=O)CCCCCCCCCCCCCCCCCCCCC(C)C. The first-order valence-corrected chi connectivity index (χ1v) is 44.8. The molecule has 3 N–H and O–H groups in total. The third-order valence-electron chi connectivity index (χ3n) is 18.6. The first-order chi connectivity index (χ1) is 48.9. The second-order valence-corrected chi connectivity index (χ2v) is 32.7. The third-order valence-corrected chi connectivity index (χ3v) is 20.5. The molecule has 0 spiro atoms. The van der Waals surface area contributed by atoms with Crippen LogP contribution >= 0.6 is 15.6 Å². The van der Waals surface area contributed by atoms with Crippen molar-refractivity contribution in [2.45, 2.75) is 426 Å². The van der Waals surface area contributed by atoms with E-state index in [1.807, 2.05) is 0 Å². The first-order valence-electron chi connectivity index (χ1n) is 41.8. The van der Waals surface area contributed by atoms with Gasteiger partial charge in [0.25, 0.3) is 0 Å². The molecular weight excluding hydrogens is 1320 g/mol. The zero-order valence-corrected chi connectivity index (χ0v) is 67.5. The van der Waals surface area contributed by atoms with Gasteiger partial charge in [-0.3, -0.25) is 37.3 Å². The van der Waals surface area contributed by atoms with Crippen molar-refractivity contribution >= 4 is 39.5 Å². The average molecular weight is 1480 g/mol. The minimum atomic E-state index is -4.97. The van der Waals surface area contributed by atoms with E-state index in [2.05, 4.69) is 65.8 Å². The molecule has 101 heavy (non-hydrogen) atoms. The Bertz CT molecular complexity index is 2040. The minimum absolute atomic E-state index is 0.101. The van der Waals surface area contributed by atoms with Gasteiger partial charge in [0.2, 0.25) is 0 Å². The van der Waals surface area contributed by atoms with E-state index in [4.69, 9.17) is 37.0 Å². The molecule has 0 aliphatic heterocycles. The average Bonchev–Trinajstić information content (AvgIpc) is 0.988. The van der Waals surface area contributed by atoms with Crippen LogP contribution in [0.15, 0.2) is 24.3 Å². The number of aliphatic hydroxyl groups is 1. The van der Waals surface area contributed by atoms with Crippen LogP contribution in [0.4, 0.5) is 0 Å². The predicted octanol–water partition coefficient (Wildman–Crippen LogP) is 24.2. The fourth-order valence-corrected chi connectivity index (χ4v) is 13.8. The Morgan fingerprint density at radius 3 is 0.812 bits per heavy atom. The highest BCUT2D eigenvalue weighted by atomic mass is 31.2. The number of aliphatic hydroxyl groups excluding tert-OH is 1. The van der Waals surface area contributed by atoms with Gasteiger partial charge in [-0.1, -0.05) is 355 Å². The molecule has 2 unspecified atom stereocenters. The largest absolute Gasteiger partial charge is 0.472 e. The maximum absolute atomic E-state index is 13.1. The van der Waals surface area contributed by atoms with Crippen molar-refractivity contribution in [2.24, 2.45) is 11.8 Å². The van der Waals surface area contributed by atoms with Crippen molar-refractivity contribution in [3.05, 3.63) is 24.3 Å². The molecule has 0 saturated heterocycles. The summed E-state index contributed by atoms with van der Waals surface area (Å²) in [6.45, 7) is 9.60. The van der Waals surface area contributed by atoms with E-state index in [1.165, 1.54) is 205 Å². The van der Waals surface area contributed by atoms with Crippen LogP contribution < -0.4 is 0 Å². The third kappa shape index (κ3) is 75.6. The van der Waals surface area contributed by atoms with Gasteiger partial charge in [-0.2, -0.15) is 0 Å². The molecule has 5 atom stereocenters. The van der Waals surface area contributed by atoms with E-state index in [0.717, 1.165) is 121 Å². The number of esters is 4. The standard InChI is InChI=1S/C82H156O17P2/c1-7-9-11-13-15-17-19-21-26-30-34-41-47-53-59-65-80(85)93-70-77(98-81(86)66-60-54-48-42-35-31-28-25-23-22-24-27-29-32-38-44-50-56-62-74(3)4)72-96-100(88,89)94-68-76(83)69-95-101(90,91)97-73-78(71-92-79(84)64-58-52-46-40-33-20-18-16-14-12-10-8-2)99-82(87)67-61-55-49-43-37-36-39-45-51-57-63-75(5)6/h17,19,21,26,74-78,83H,7-16,18,20,22-25,27-73H2,1-6H3,(H,88,89)(H,90,91)/b19-17-,26-21-/t76-,77-,78-/m1/s1. The molecule has 0 aliphatic carbocycles. The Labute approximate surface area is 618 Å². The summed E-state index contributed by atoms with van der Waals surface area (Å²) in [7, 11) is -9.93. The van der Waals surface area contributed by atoms with Crippen LogP contribution in [0.2, 0.25) is 0 Å². The van der Waals surface area contributed by atoms with Crippen molar-refractivity contribution in [3.63, 3.8) is 0 Å². The fraction of sp³-hybridized carbons (Fsp3) is 0.902. The summed E-state index contributed by atoms with van der Waals surface area (Å²) in [5, 5.41) is 10.6. The first kappa shape index (κ1) is 98.5. The Balaban J connectivity index is 5.27. The van der Waals surface area contributed by atoms with Crippen molar-refractivity contribution in [1.29, 1.82) is 0 Å². The van der Waals surface area contributed by atoms with Crippen LogP contribution in [-0.2, 0) is 65.4 Å². The summed E-state index contributed by atoms with van der Waals surface area (Å²) in [5.74, 6) is -0.568. The minimum Gasteiger partial charge on any atom is -0.462 e. The lowest BCUT2D eigenvalue weighted by atomic mass is 10.0. The van der Waals surface area contributed by atoms with Crippen molar-refractivity contribution < 1.29 is 80.2 Å². The molecule has 0 aromatic heterocycles. The molecule has 0 aromatic rings. The lowest BCUT2D eigenvalue weighted by molar-refractivity contribution is -0.161. The number of ether oxygens (including phenoxy) is 4. The van der Waals surface area contributed by atoms with Gasteiger partial charge in [0.1, 0.15) is 19.3 Å². The van der Waals surface area contributed by atoms with Gasteiger partial charge in [0, 0.05) is 25.7 Å². The summed E-state index contributed by atoms with van der Waals surface area (Å²) in [5.41, 5.74) is 0. The molecule has 17 nitrogen and oxygen atoms in total. The van der Waals surface area contributed by atoms with Crippen LogP contribution in [0.3, 0.4) is 0 Å². The molecule has 0 heterocycles. The zero-order valence-electron chi connectivity index (χ0n) is 65.7. The number of hydrogen-bond donors (Lipinski definition) is 3. The number of carbonyl (C=O) groups is 4. The second kappa shape index (κ2) is 73.1. The summed E-state index contributed by atoms with van der Waals surface area (Å²) in [4.78, 5) is 73.0. The van der Waals surface area contributed by atoms with Gasteiger partial charge < -0.3 is 33.8 Å². The topological polar surface area (TPSA) is 237 Å². The van der Waals surface area contributed by atoms with Gasteiger partial charge in [0.15, 0.2) is 12.2 Å². The molecule has 0 saturated carbocycles. The predicted molar refractivity (Wildman–Crippen MR) is 414 cm³/mol. The number of rotatable bonds is 79. The normalized spacial score (nSPS) is 14.0. The molecule has 0 aliphatic rings. The van der Waals surface area contributed by atoms with Crippen molar-refractivity contribution in [1.82, 2.24) is 0 Å². The molecule has 0 radical (unpaired) electrons. The Morgan fingerprint density at radius 1 is 0.307 bits per heavy atom. The van der Waals surface area contributed by atoms with Crippen LogP contribution in [-0.4, -0.2) is 96.7 Å². The fourth-order valence-electron chi connectivity index (χ4n) is 12.2. The summed E-state index contributed by atoms with van der Waals surface area (Å²) >= 11 is 0. The maximum Gasteiger partial charge on any atom is 0.472 e. The van der Waals surface area contributed by atoms with Crippen LogP contribution in [0, 0.1) is 11.8 Å². The van der Waals surface area contributed by atoms with Gasteiger partial charge >= 0.3 is 39.5 Å². The molecular formula is C82H156O17P2. The quantitative estimate of drug-likeness (QED) is 0.0169. The van der Waals surface area contributed by atoms with E-state index in [-0.39, 0.29) is 25.7 Å². The molecule has 0 amide bonds.